The molecule has 0 heterocycles. The molecule has 0 aromatic carbocycles. The van der Waals surface area contributed by atoms with E-state index in [0.717, 1.165) is 0 Å². The molecular formula is C10H20O2. The average Bonchev–Trinajstić information content (AvgIpc) is 1.80. The Hall–Kier alpha value is -0.370. The molecule has 72 valence electrons. The number of Topliss-reactive ketones (excluding diaryl/α,β-unsaturated/α-hetero) is 1. The summed E-state index contributed by atoms with van der Waals surface area (Å²) in [6, 6.07) is 0. The maximum atomic E-state index is 11.2. The van der Waals surface area contributed by atoms with Crippen LogP contribution in [-0.4, -0.2) is 16.5 Å². The van der Waals surface area contributed by atoms with Gasteiger partial charge in [-0.2, -0.15) is 0 Å². The molecule has 0 atom stereocenters. The fourth-order valence-corrected chi connectivity index (χ4v) is 1.00. The van der Waals surface area contributed by atoms with Crippen LogP contribution in [0, 0.1) is 5.92 Å². The molecule has 0 aliphatic heterocycles. The minimum Gasteiger partial charge on any atom is -0.390 e. The van der Waals surface area contributed by atoms with E-state index in [9.17, 15) is 9.90 Å². The monoisotopic (exact) mass is 172 g/mol. The quantitative estimate of drug-likeness (QED) is 0.690. The number of carbonyl (C=O) groups is 1. The largest absolute Gasteiger partial charge is 0.390 e. The molecule has 0 unspecified atom stereocenters. The van der Waals surface area contributed by atoms with E-state index in [4.69, 9.17) is 0 Å². The Morgan fingerprint density at radius 3 is 2.25 bits per heavy atom. The SMILES string of the molecule is CC(C)CC(=O)CCC(C)(C)O. The molecule has 0 bridgehead atoms. The van der Waals surface area contributed by atoms with E-state index in [-0.39, 0.29) is 5.78 Å². The predicted octanol–water partition coefficient (Wildman–Crippen LogP) is 2.15. The molecule has 2 heteroatoms. The normalized spacial score (nSPS) is 12.2. The highest BCUT2D eigenvalue weighted by molar-refractivity contribution is 5.78. The van der Waals surface area contributed by atoms with Gasteiger partial charge in [0.2, 0.25) is 0 Å². The number of carbonyl (C=O) groups excluding carboxylic acids is 1. The molecule has 0 aliphatic rings. The lowest BCUT2D eigenvalue weighted by atomic mass is 9.97. The number of rotatable bonds is 5. The predicted molar refractivity (Wildman–Crippen MR) is 50.0 cm³/mol. The lowest BCUT2D eigenvalue weighted by molar-refractivity contribution is -0.120. The van der Waals surface area contributed by atoms with Crippen molar-refractivity contribution >= 4 is 5.78 Å². The molecule has 0 aromatic heterocycles. The fourth-order valence-electron chi connectivity index (χ4n) is 1.00. The van der Waals surface area contributed by atoms with Crippen LogP contribution >= 0.6 is 0 Å². The number of aliphatic hydroxyl groups is 1. The van der Waals surface area contributed by atoms with E-state index in [1.165, 1.54) is 0 Å². The molecule has 0 saturated carbocycles. The van der Waals surface area contributed by atoms with Gasteiger partial charge in [-0.25, -0.2) is 0 Å². The van der Waals surface area contributed by atoms with Crippen LogP contribution in [0.4, 0.5) is 0 Å². The second-order valence-electron chi connectivity index (χ2n) is 4.45. The van der Waals surface area contributed by atoms with Crippen LogP contribution in [0.2, 0.25) is 0 Å². The van der Waals surface area contributed by atoms with Gasteiger partial charge in [0.15, 0.2) is 0 Å². The number of hydrogen-bond donors (Lipinski definition) is 1. The van der Waals surface area contributed by atoms with E-state index in [1.807, 2.05) is 13.8 Å². The second-order valence-corrected chi connectivity index (χ2v) is 4.45. The molecule has 0 rings (SSSR count). The van der Waals surface area contributed by atoms with Crippen LogP contribution < -0.4 is 0 Å². The average molecular weight is 172 g/mol. The zero-order valence-electron chi connectivity index (χ0n) is 8.55. The van der Waals surface area contributed by atoms with Crippen molar-refractivity contribution in [3.8, 4) is 0 Å². The standard InChI is InChI=1S/C10H20O2/c1-8(2)7-9(11)5-6-10(3,4)12/h8,12H,5-7H2,1-4H3. The molecule has 0 radical (unpaired) electrons. The van der Waals surface area contributed by atoms with Gasteiger partial charge in [0.25, 0.3) is 0 Å². The lowest BCUT2D eigenvalue weighted by Crippen LogP contribution is -2.20. The van der Waals surface area contributed by atoms with E-state index in [0.29, 0.717) is 25.2 Å². The van der Waals surface area contributed by atoms with E-state index < -0.39 is 5.60 Å². The Morgan fingerprint density at radius 2 is 1.92 bits per heavy atom. The van der Waals surface area contributed by atoms with E-state index in [1.54, 1.807) is 13.8 Å². The van der Waals surface area contributed by atoms with Gasteiger partial charge in [0.05, 0.1) is 5.60 Å². The Balaban J connectivity index is 3.58. The Morgan fingerprint density at radius 1 is 1.42 bits per heavy atom. The summed E-state index contributed by atoms with van der Waals surface area (Å²) >= 11 is 0. The zero-order chi connectivity index (χ0) is 9.78. The first-order valence-corrected chi connectivity index (χ1v) is 4.55. The molecule has 2 nitrogen and oxygen atoms in total. The molecule has 0 fully saturated rings. The summed E-state index contributed by atoms with van der Waals surface area (Å²) in [5.74, 6) is 0.687. The second kappa shape index (κ2) is 4.61. The van der Waals surface area contributed by atoms with Gasteiger partial charge < -0.3 is 5.11 Å². The highest BCUT2D eigenvalue weighted by atomic mass is 16.3. The first-order chi connectivity index (χ1) is 5.31. The summed E-state index contributed by atoms with van der Waals surface area (Å²) in [4.78, 5) is 11.2. The van der Waals surface area contributed by atoms with Crippen molar-refractivity contribution in [3.05, 3.63) is 0 Å². The molecule has 0 amide bonds. The smallest absolute Gasteiger partial charge is 0.133 e. The van der Waals surface area contributed by atoms with Crippen LogP contribution in [0.25, 0.3) is 0 Å². The van der Waals surface area contributed by atoms with Crippen molar-refractivity contribution in [3.63, 3.8) is 0 Å². The molecule has 1 N–H and O–H groups in total. The molecule has 12 heavy (non-hydrogen) atoms. The molecule has 0 saturated heterocycles. The molecular weight excluding hydrogens is 152 g/mol. The third kappa shape index (κ3) is 7.73. The van der Waals surface area contributed by atoms with E-state index >= 15 is 0 Å². The molecule has 0 aliphatic carbocycles. The van der Waals surface area contributed by atoms with Gasteiger partial charge in [0, 0.05) is 12.8 Å². The summed E-state index contributed by atoms with van der Waals surface area (Å²) in [7, 11) is 0. The maximum Gasteiger partial charge on any atom is 0.133 e. The minimum absolute atomic E-state index is 0.257. The van der Waals surface area contributed by atoms with Gasteiger partial charge >= 0.3 is 0 Å². The van der Waals surface area contributed by atoms with Gasteiger partial charge in [-0.3, -0.25) is 4.79 Å². The first kappa shape index (κ1) is 11.6. The molecule has 0 spiro atoms. The first-order valence-electron chi connectivity index (χ1n) is 4.55. The number of hydrogen-bond acceptors (Lipinski definition) is 2. The van der Waals surface area contributed by atoms with Gasteiger partial charge in [-0.15, -0.1) is 0 Å². The minimum atomic E-state index is -0.702. The maximum absolute atomic E-state index is 11.2. The number of ketones is 1. The van der Waals surface area contributed by atoms with Gasteiger partial charge in [-0.1, -0.05) is 13.8 Å². The third-order valence-electron chi connectivity index (χ3n) is 1.65. The lowest BCUT2D eigenvalue weighted by Gasteiger charge is -2.16. The van der Waals surface area contributed by atoms with Crippen molar-refractivity contribution in [1.29, 1.82) is 0 Å². The van der Waals surface area contributed by atoms with E-state index in [2.05, 4.69) is 0 Å². The van der Waals surface area contributed by atoms with Gasteiger partial charge in [0.1, 0.15) is 5.78 Å². The third-order valence-corrected chi connectivity index (χ3v) is 1.65. The summed E-state index contributed by atoms with van der Waals surface area (Å²) in [5, 5.41) is 9.35. The van der Waals surface area contributed by atoms with Crippen molar-refractivity contribution in [2.24, 2.45) is 5.92 Å². The van der Waals surface area contributed by atoms with Crippen molar-refractivity contribution in [2.75, 3.05) is 0 Å². The van der Waals surface area contributed by atoms with Crippen LogP contribution in [0.1, 0.15) is 47.0 Å². The highest BCUT2D eigenvalue weighted by Gasteiger charge is 2.14. The zero-order valence-corrected chi connectivity index (χ0v) is 8.55. The topological polar surface area (TPSA) is 37.3 Å². The molecule has 0 aromatic rings. The fraction of sp³-hybridized carbons (Fsp3) is 0.900. The van der Waals surface area contributed by atoms with Crippen LogP contribution in [0.5, 0.6) is 0 Å². The van der Waals surface area contributed by atoms with Crippen LogP contribution in [0.15, 0.2) is 0 Å². The van der Waals surface area contributed by atoms with Crippen LogP contribution in [0.3, 0.4) is 0 Å². The summed E-state index contributed by atoms with van der Waals surface area (Å²) in [6.45, 7) is 7.52. The Labute approximate surface area is 75.0 Å². The summed E-state index contributed by atoms with van der Waals surface area (Å²) < 4.78 is 0. The summed E-state index contributed by atoms with van der Waals surface area (Å²) in [6.07, 6.45) is 1.70. The van der Waals surface area contributed by atoms with Crippen molar-refractivity contribution < 1.29 is 9.90 Å². The van der Waals surface area contributed by atoms with Gasteiger partial charge in [-0.05, 0) is 26.2 Å². The highest BCUT2D eigenvalue weighted by Crippen LogP contribution is 2.13. The van der Waals surface area contributed by atoms with Crippen LogP contribution in [-0.2, 0) is 4.79 Å². The van der Waals surface area contributed by atoms with Crippen molar-refractivity contribution in [1.82, 2.24) is 0 Å². The Bertz CT molecular complexity index is 142. The Kier molecular flexibility index (Phi) is 4.46. The van der Waals surface area contributed by atoms with Crippen molar-refractivity contribution in [2.45, 2.75) is 52.6 Å². The summed E-state index contributed by atoms with van der Waals surface area (Å²) in [5.41, 5.74) is -0.702.